The van der Waals surface area contributed by atoms with Gasteiger partial charge in [-0.3, -0.25) is 4.90 Å². The molecule has 0 aliphatic carbocycles. The highest BCUT2D eigenvalue weighted by Crippen LogP contribution is 2.33. The van der Waals surface area contributed by atoms with Gasteiger partial charge >= 0.3 is 0 Å². The van der Waals surface area contributed by atoms with Crippen LogP contribution in [-0.4, -0.2) is 37.4 Å². The monoisotopic (exact) mass is 260 g/mol. The Morgan fingerprint density at radius 1 is 1.21 bits per heavy atom. The molecular weight excluding hydrogens is 240 g/mol. The summed E-state index contributed by atoms with van der Waals surface area (Å²) in [7, 11) is 0. The van der Waals surface area contributed by atoms with E-state index in [1.54, 1.807) is 0 Å². The van der Waals surface area contributed by atoms with E-state index in [9.17, 15) is 0 Å². The summed E-state index contributed by atoms with van der Waals surface area (Å²) in [6.07, 6.45) is 2.72. The van der Waals surface area contributed by atoms with Gasteiger partial charge in [0.25, 0.3) is 0 Å². The van der Waals surface area contributed by atoms with E-state index in [4.69, 9.17) is 9.47 Å². The maximum atomic E-state index is 5.45. The van der Waals surface area contributed by atoms with Crippen LogP contribution in [0.2, 0.25) is 0 Å². The Kier molecular flexibility index (Phi) is 2.85. The molecule has 0 bridgehead atoms. The van der Waals surface area contributed by atoms with Crippen molar-refractivity contribution in [2.24, 2.45) is 5.92 Å². The van der Waals surface area contributed by atoms with Crippen LogP contribution < -0.4 is 14.8 Å². The van der Waals surface area contributed by atoms with E-state index in [1.165, 1.54) is 38.0 Å². The number of fused-ring (bicyclic) bond motifs is 2. The van der Waals surface area contributed by atoms with Gasteiger partial charge in [0, 0.05) is 25.7 Å². The maximum Gasteiger partial charge on any atom is 0.231 e. The molecule has 3 aliphatic heterocycles. The SMILES string of the molecule is c1cc2c(cc1CN1C[C@@H]3CCCN[C@@H]3C1)OCO2. The Morgan fingerprint density at radius 3 is 3.11 bits per heavy atom. The Balaban J connectivity index is 1.44. The van der Waals surface area contributed by atoms with Crippen LogP contribution in [0, 0.1) is 5.92 Å². The Labute approximate surface area is 113 Å². The first kappa shape index (κ1) is 11.6. The van der Waals surface area contributed by atoms with E-state index < -0.39 is 0 Å². The normalized spacial score (nSPS) is 29.5. The number of hydrogen-bond donors (Lipinski definition) is 1. The molecule has 2 saturated heterocycles. The third kappa shape index (κ3) is 2.19. The third-order valence-corrected chi connectivity index (χ3v) is 4.52. The number of rotatable bonds is 2. The minimum absolute atomic E-state index is 0.358. The van der Waals surface area contributed by atoms with E-state index in [2.05, 4.69) is 22.3 Å². The fourth-order valence-electron chi connectivity index (χ4n) is 3.56. The van der Waals surface area contributed by atoms with Crippen LogP contribution in [0.4, 0.5) is 0 Å². The predicted octanol–water partition coefficient (Wildman–Crippen LogP) is 1.60. The summed E-state index contributed by atoms with van der Waals surface area (Å²) in [5, 5.41) is 3.65. The molecule has 2 fully saturated rings. The zero-order valence-electron chi connectivity index (χ0n) is 11.1. The molecule has 102 valence electrons. The quantitative estimate of drug-likeness (QED) is 0.876. The maximum absolute atomic E-state index is 5.45. The fourth-order valence-corrected chi connectivity index (χ4v) is 3.56. The molecule has 3 heterocycles. The van der Waals surface area contributed by atoms with E-state index in [1.807, 2.05) is 6.07 Å². The lowest BCUT2D eigenvalue weighted by Crippen LogP contribution is -2.40. The molecule has 0 aromatic heterocycles. The summed E-state index contributed by atoms with van der Waals surface area (Å²) in [6, 6.07) is 7.02. The molecule has 1 N–H and O–H groups in total. The summed E-state index contributed by atoms with van der Waals surface area (Å²) in [5.74, 6) is 2.62. The number of piperidine rings is 1. The van der Waals surface area contributed by atoms with Crippen LogP contribution in [0.5, 0.6) is 11.5 Å². The van der Waals surface area contributed by atoms with Crippen molar-refractivity contribution in [1.29, 1.82) is 0 Å². The largest absolute Gasteiger partial charge is 0.454 e. The first-order valence-electron chi connectivity index (χ1n) is 7.23. The van der Waals surface area contributed by atoms with Crippen molar-refractivity contribution in [3.8, 4) is 11.5 Å². The number of nitrogens with zero attached hydrogens (tertiary/aromatic N) is 1. The Bertz CT molecular complexity index is 463. The summed E-state index contributed by atoms with van der Waals surface area (Å²) in [6.45, 7) is 4.98. The van der Waals surface area contributed by atoms with Gasteiger partial charge in [0.1, 0.15) is 0 Å². The van der Waals surface area contributed by atoms with Gasteiger partial charge in [0.05, 0.1) is 0 Å². The first-order chi connectivity index (χ1) is 9.38. The summed E-state index contributed by atoms with van der Waals surface area (Å²) in [4.78, 5) is 2.56. The number of ether oxygens (including phenoxy) is 2. The van der Waals surface area contributed by atoms with Crippen LogP contribution in [0.3, 0.4) is 0 Å². The van der Waals surface area contributed by atoms with Crippen LogP contribution in [0.1, 0.15) is 18.4 Å². The lowest BCUT2D eigenvalue weighted by Gasteiger charge is -2.24. The van der Waals surface area contributed by atoms with Gasteiger partial charge in [0.15, 0.2) is 11.5 Å². The van der Waals surface area contributed by atoms with Crippen molar-refractivity contribution >= 4 is 0 Å². The molecule has 4 heteroatoms. The van der Waals surface area contributed by atoms with Crippen molar-refractivity contribution < 1.29 is 9.47 Å². The van der Waals surface area contributed by atoms with E-state index in [0.717, 1.165) is 24.0 Å². The number of likely N-dealkylation sites (tertiary alicyclic amines) is 1. The van der Waals surface area contributed by atoms with Crippen molar-refractivity contribution in [3.63, 3.8) is 0 Å². The van der Waals surface area contributed by atoms with Gasteiger partial charge in [0.2, 0.25) is 6.79 Å². The van der Waals surface area contributed by atoms with Gasteiger partial charge in [-0.1, -0.05) is 6.07 Å². The predicted molar refractivity (Wildman–Crippen MR) is 72.4 cm³/mol. The summed E-state index contributed by atoms with van der Waals surface area (Å²) in [5.41, 5.74) is 1.32. The standard InChI is InChI=1S/C15H20N2O2/c1-2-12-8-17(9-13(12)16-5-1)7-11-3-4-14-15(6-11)19-10-18-14/h3-4,6,12-13,16H,1-2,5,7-10H2/t12-,13+/m0/s1. The lowest BCUT2D eigenvalue weighted by molar-refractivity contribution is 0.174. The second kappa shape index (κ2) is 4.69. The fraction of sp³-hybridized carbons (Fsp3) is 0.600. The number of benzene rings is 1. The minimum atomic E-state index is 0.358. The highest BCUT2D eigenvalue weighted by Gasteiger charge is 2.34. The first-order valence-corrected chi connectivity index (χ1v) is 7.23. The van der Waals surface area contributed by atoms with Crippen LogP contribution in [-0.2, 0) is 6.54 Å². The molecule has 19 heavy (non-hydrogen) atoms. The second-order valence-corrected chi connectivity index (χ2v) is 5.84. The molecule has 1 aromatic carbocycles. The van der Waals surface area contributed by atoms with Gasteiger partial charge in [-0.05, 0) is 43.0 Å². The Hall–Kier alpha value is -1.26. The zero-order chi connectivity index (χ0) is 12.7. The smallest absolute Gasteiger partial charge is 0.231 e. The molecule has 0 radical (unpaired) electrons. The molecule has 0 amide bonds. The summed E-state index contributed by atoms with van der Waals surface area (Å²) >= 11 is 0. The molecule has 4 nitrogen and oxygen atoms in total. The Morgan fingerprint density at radius 2 is 2.16 bits per heavy atom. The molecule has 0 saturated carbocycles. The number of hydrogen-bond acceptors (Lipinski definition) is 4. The second-order valence-electron chi connectivity index (χ2n) is 5.84. The highest BCUT2D eigenvalue weighted by molar-refractivity contribution is 5.44. The average Bonchev–Trinajstić information content (AvgIpc) is 3.03. The van der Waals surface area contributed by atoms with Crippen LogP contribution >= 0.6 is 0 Å². The third-order valence-electron chi connectivity index (χ3n) is 4.52. The minimum Gasteiger partial charge on any atom is -0.454 e. The molecule has 1 aromatic rings. The molecular formula is C15H20N2O2. The van der Waals surface area contributed by atoms with Gasteiger partial charge < -0.3 is 14.8 Å². The van der Waals surface area contributed by atoms with Crippen LogP contribution in [0.15, 0.2) is 18.2 Å². The molecule has 3 aliphatic rings. The zero-order valence-corrected chi connectivity index (χ0v) is 11.1. The van der Waals surface area contributed by atoms with E-state index >= 15 is 0 Å². The summed E-state index contributed by atoms with van der Waals surface area (Å²) < 4.78 is 10.8. The van der Waals surface area contributed by atoms with Gasteiger partial charge in [-0.15, -0.1) is 0 Å². The van der Waals surface area contributed by atoms with Crippen molar-refractivity contribution in [2.45, 2.75) is 25.4 Å². The van der Waals surface area contributed by atoms with Crippen molar-refractivity contribution in [3.05, 3.63) is 23.8 Å². The van der Waals surface area contributed by atoms with Crippen LogP contribution in [0.25, 0.3) is 0 Å². The number of nitrogens with one attached hydrogen (secondary N) is 1. The molecule has 4 rings (SSSR count). The van der Waals surface area contributed by atoms with Gasteiger partial charge in [-0.2, -0.15) is 0 Å². The molecule has 0 spiro atoms. The lowest BCUT2D eigenvalue weighted by atomic mass is 9.94. The topological polar surface area (TPSA) is 33.7 Å². The molecule has 2 atom stereocenters. The van der Waals surface area contributed by atoms with Crippen molar-refractivity contribution in [2.75, 3.05) is 26.4 Å². The average molecular weight is 260 g/mol. The van der Waals surface area contributed by atoms with Crippen molar-refractivity contribution in [1.82, 2.24) is 10.2 Å². The van der Waals surface area contributed by atoms with E-state index in [-0.39, 0.29) is 0 Å². The van der Waals surface area contributed by atoms with Gasteiger partial charge in [-0.25, -0.2) is 0 Å². The highest BCUT2D eigenvalue weighted by atomic mass is 16.7. The molecule has 0 unspecified atom stereocenters. The van der Waals surface area contributed by atoms with E-state index in [0.29, 0.717) is 12.8 Å².